The molecule has 2 aromatic rings. The van der Waals surface area contributed by atoms with E-state index in [1.165, 1.54) is 17.0 Å². The maximum Gasteiger partial charge on any atom is 0.261 e. The zero-order chi connectivity index (χ0) is 22.1. The van der Waals surface area contributed by atoms with Crippen LogP contribution in [0.5, 0.6) is 5.75 Å². The monoisotopic (exact) mass is 414 g/mol. The van der Waals surface area contributed by atoms with Gasteiger partial charge in [0.2, 0.25) is 5.91 Å². The van der Waals surface area contributed by atoms with Gasteiger partial charge in [0.1, 0.15) is 17.6 Å². The van der Waals surface area contributed by atoms with Crippen LogP contribution in [-0.2, 0) is 16.1 Å². The molecule has 0 fully saturated rings. The van der Waals surface area contributed by atoms with E-state index in [9.17, 15) is 14.0 Å². The van der Waals surface area contributed by atoms with Gasteiger partial charge in [0.05, 0.1) is 0 Å². The highest BCUT2D eigenvalue weighted by Crippen LogP contribution is 2.18. The number of carbonyl (C=O) groups is 2. The number of nitrogens with zero attached hydrogens (tertiary/aromatic N) is 1. The maximum absolute atomic E-state index is 13.3. The zero-order valence-corrected chi connectivity index (χ0v) is 18.2. The number of para-hydroxylation sites is 1. The molecule has 0 spiro atoms. The number of hydrogen-bond acceptors (Lipinski definition) is 3. The molecular weight excluding hydrogens is 383 g/mol. The first-order valence-corrected chi connectivity index (χ1v) is 10.4. The molecule has 2 unspecified atom stereocenters. The van der Waals surface area contributed by atoms with E-state index in [0.29, 0.717) is 12.2 Å². The summed E-state index contributed by atoms with van der Waals surface area (Å²) < 4.78 is 19.0. The lowest BCUT2D eigenvalue weighted by Crippen LogP contribution is -2.51. The molecule has 0 saturated heterocycles. The van der Waals surface area contributed by atoms with Gasteiger partial charge in [-0.05, 0) is 56.0 Å². The van der Waals surface area contributed by atoms with Crippen LogP contribution in [0, 0.1) is 12.7 Å². The van der Waals surface area contributed by atoms with Crippen molar-refractivity contribution in [3.05, 3.63) is 65.5 Å². The smallest absolute Gasteiger partial charge is 0.261 e. The lowest BCUT2D eigenvalue weighted by atomic mass is 10.1. The third kappa shape index (κ3) is 6.58. The SMILES string of the molecule is CCC(C)NC(=O)C(CC)N(Cc1ccc(F)cc1)C(=O)COc1ccccc1C. The van der Waals surface area contributed by atoms with Crippen molar-refractivity contribution in [2.45, 2.75) is 59.2 Å². The predicted molar refractivity (Wildman–Crippen MR) is 116 cm³/mol. The molecule has 1 N–H and O–H groups in total. The minimum absolute atomic E-state index is 0.0116. The topological polar surface area (TPSA) is 58.6 Å². The molecule has 0 aromatic heterocycles. The molecule has 0 aliphatic heterocycles. The molecule has 0 aliphatic carbocycles. The van der Waals surface area contributed by atoms with Crippen LogP contribution in [0.3, 0.4) is 0 Å². The van der Waals surface area contributed by atoms with Gasteiger partial charge in [-0.25, -0.2) is 4.39 Å². The number of halogens is 1. The van der Waals surface area contributed by atoms with Crippen LogP contribution >= 0.6 is 0 Å². The van der Waals surface area contributed by atoms with Crippen molar-refractivity contribution in [2.24, 2.45) is 0 Å². The number of hydrogen-bond donors (Lipinski definition) is 1. The zero-order valence-electron chi connectivity index (χ0n) is 18.2. The summed E-state index contributed by atoms with van der Waals surface area (Å²) in [7, 11) is 0. The number of nitrogens with one attached hydrogen (secondary N) is 1. The Labute approximate surface area is 178 Å². The second-order valence-electron chi connectivity index (χ2n) is 7.44. The Kier molecular flexibility index (Phi) is 8.84. The van der Waals surface area contributed by atoms with Gasteiger partial charge < -0.3 is 15.0 Å². The summed E-state index contributed by atoms with van der Waals surface area (Å²) >= 11 is 0. The average Bonchev–Trinajstić information content (AvgIpc) is 2.74. The van der Waals surface area contributed by atoms with Gasteiger partial charge in [0.15, 0.2) is 6.61 Å². The first kappa shape index (κ1) is 23.4. The molecule has 0 radical (unpaired) electrons. The number of amides is 2. The molecule has 0 saturated carbocycles. The van der Waals surface area contributed by atoms with E-state index in [2.05, 4.69) is 5.32 Å². The Morgan fingerprint density at radius 3 is 2.33 bits per heavy atom. The van der Waals surface area contributed by atoms with E-state index in [1.807, 2.05) is 45.9 Å². The number of benzene rings is 2. The highest BCUT2D eigenvalue weighted by molar-refractivity contribution is 5.88. The van der Waals surface area contributed by atoms with Crippen molar-refractivity contribution in [1.29, 1.82) is 0 Å². The van der Waals surface area contributed by atoms with E-state index in [1.54, 1.807) is 18.2 Å². The Hall–Kier alpha value is -2.89. The van der Waals surface area contributed by atoms with Crippen LogP contribution < -0.4 is 10.1 Å². The Balaban J connectivity index is 2.21. The van der Waals surface area contributed by atoms with E-state index in [4.69, 9.17) is 4.74 Å². The van der Waals surface area contributed by atoms with Gasteiger partial charge in [-0.2, -0.15) is 0 Å². The summed E-state index contributed by atoms with van der Waals surface area (Å²) in [6, 6.07) is 12.8. The quantitative estimate of drug-likeness (QED) is 0.633. The number of rotatable bonds is 10. The minimum Gasteiger partial charge on any atom is -0.484 e. The fourth-order valence-electron chi connectivity index (χ4n) is 3.09. The van der Waals surface area contributed by atoms with Crippen molar-refractivity contribution in [2.75, 3.05) is 6.61 Å². The number of ether oxygens (including phenoxy) is 1. The summed E-state index contributed by atoms with van der Waals surface area (Å²) in [5.41, 5.74) is 1.67. The van der Waals surface area contributed by atoms with E-state index >= 15 is 0 Å². The van der Waals surface area contributed by atoms with Gasteiger partial charge in [0, 0.05) is 12.6 Å². The largest absolute Gasteiger partial charge is 0.484 e. The molecule has 2 atom stereocenters. The molecule has 162 valence electrons. The Morgan fingerprint density at radius 2 is 1.73 bits per heavy atom. The molecule has 5 nitrogen and oxygen atoms in total. The first-order chi connectivity index (χ1) is 14.3. The van der Waals surface area contributed by atoms with E-state index in [0.717, 1.165) is 17.5 Å². The minimum atomic E-state index is -0.642. The van der Waals surface area contributed by atoms with Crippen LogP contribution in [0.1, 0.15) is 44.7 Å². The fraction of sp³-hybridized carbons (Fsp3) is 0.417. The summed E-state index contributed by atoms with van der Waals surface area (Å²) in [6.45, 7) is 7.71. The van der Waals surface area contributed by atoms with Crippen molar-refractivity contribution in [3.63, 3.8) is 0 Å². The lowest BCUT2D eigenvalue weighted by Gasteiger charge is -2.31. The van der Waals surface area contributed by atoms with Crippen molar-refractivity contribution in [1.82, 2.24) is 10.2 Å². The second-order valence-corrected chi connectivity index (χ2v) is 7.44. The molecule has 0 heterocycles. The highest BCUT2D eigenvalue weighted by Gasteiger charge is 2.29. The van der Waals surface area contributed by atoms with Crippen LogP contribution in [0.25, 0.3) is 0 Å². The molecular formula is C24H31FN2O3. The van der Waals surface area contributed by atoms with Gasteiger partial charge in [-0.3, -0.25) is 9.59 Å². The van der Waals surface area contributed by atoms with Gasteiger partial charge in [-0.1, -0.05) is 44.2 Å². The van der Waals surface area contributed by atoms with E-state index in [-0.39, 0.29) is 36.8 Å². The standard InChI is InChI=1S/C24H31FN2O3/c1-5-18(4)26-24(29)21(6-2)27(15-19-11-13-20(25)14-12-19)23(28)16-30-22-10-8-7-9-17(22)3/h7-14,18,21H,5-6,15-16H2,1-4H3,(H,26,29). The van der Waals surface area contributed by atoms with Crippen LogP contribution in [0.2, 0.25) is 0 Å². The van der Waals surface area contributed by atoms with Crippen molar-refractivity contribution < 1.29 is 18.7 Å². The van der Waals surface area contributed by atoms with Crippen LogP contribution in [0.15, 0.2) is 48.5 Å². The predicted octanol–water partition coefficient (Wildman–Crippen LogP) is 4.24. The van der Waals surface area contributed by atoms with Crippen molar-refractivity contribution >= 4 is 11.8 Å². The maximum atomic E-state index is 13.3. The highest BCUT2D eigenvalue weighted by atomic mass is 19.1. The number of aryl methyl sites for hydroxylation is 1. The summed E-state index contributed by atoms with van der Waals surface area (Å²) in [5, 5.41) is 2.96. The van der Waals surface area contributed by atoms with Gasteiger partial charge in [0.25, 0.3) is 5.91 Å². The number of carbonyl (C=O) groups excluding carboxylic acids is 2. The third-order valence-electron chi connectivity index (χ3n) is 5.10. The summed E-state index contributed by atoms with van der Waals surface area (Å²) in [5.74, 6) is -0.210. The molecule has 0 aliphatic rings. The molecule has 2 aromatic carbocycles. The van der Waals surface area contributed by atoms with Crippen LogP contribution in [-0.4, -0.2) is 35.4 Å². The summed E-state index contributed by atoms with van der Waals surface area (Å²) in [6.07, 6.45) is 1.25. The van der Waals surface area contributed by atoms with Crippen molar-refractivity contribution in [3.8, 4) is 5.75 Å². The molecule has 30 heavy (non-hydrogen) atoms. The molecule has 6 heteroatoms. The van der Waals surface area contributed by atoms with E-state index < -0.39 is 6.04 Å². The van der Waals surface area contributed by atoms with Gasteiger partial charge >= 0.3 is 0 Å². The Bertz CT molecular complexity index is 839. The second kappa shape index (κ2) is 11.3. The lowest BCUT2D eigenvalue weighted by molar-refractivity contribution is -0.143. The fourth-order valence-corrected chi connectivity index (χ4v) is 3.09. The first-order valence-electron chi connectivity index (χ1n) is 10.4. The molecule has 2 amide bonds. The van der Waals surface area contributed by atoms with Gasteiger partial charge in [-0.15, -0.1) is 0 Å². The summed E-state index contributed by atoms with van der Waals surface area (Å²) in [4.78, 5) is 27.5. The normalized spacial score (nSPS) is 12.7. The third-order valence-corrected chi connectivity index (χ3v) is 5.10. The Morgan fingerprint density at radius 1 is 1.07 bits per heavy atom. The molecule has 2 rings (SSSR count). The van der Waals surface area contributed by atoms with Crippen LogP contribution in [0.4, 0.5) is 4.39 Å². The average molecular weight is 415 g/mol. The molecule has 0 bridgehead atoms.